The summed E-state index contributed by atoms with van der Waals surface area (Å²) in [6, 6.07) is 13.8. The minimum absolute atomic E-state index is 0.00697. The Bertz CT molecular complexity index is 1150. The molecule has 10 nitrogen and oxygen atoms in total. The van der Waals surface area contributed by atoms with E-state index in [1.54, 1.807) is 24.6 Å². The van der Waals surface area contributed by atoms with Crippen molar-refractivity contribution in [1.29, 1.82) is 0 Å². The number of ether oxygens (including phenoxy) is 2. The normalized spacial score (nSPS) is 14.4. The van der Waals surface area contributed by atoms with Crippen LogP contribution in [0.5, 0.6) is 11.5 Å². The smallest absolute Gasteiger partial charge is 0.270 e. The van der Waals surface area contributed by atoms with Crippen molar-refractivity contribution < 1.29 is 19.2 Å². The molecule has 0 atom stereocenters. The summed E-state index contributed by atoms with van der Waals surface area (Å²) in [6.07, 6.45) is 0. The average molecular weight is 498 g/mol. The Morgan fingerprint density at radius 2 is 1.83 bits per heavy atom. The first-order chi connectivity index (χ1) is 17.0. The molecule has 2 aromatic carbocycles. The number of non-ortho nitro benzene ring substituents is 1. The van der Waals surface area contributed by atoms with Gasteiger partial charge < -0.3 is 14.8 Å². The van der Waals surface area contributed by atoms with Crippen LogP contribution >= 0.6 is 11.3 Å². The van der Waals surface area contributed by atoms with Crippen LogP contribution < -0.4 is 14.8 Å². The van der Waals surface area contributed by atoms with Gasteiger partial charge in [0.1, 0.15) is 18.1 Å². The Morgan fingerprint density at radius 1 is 1.11 bits per heavy atom. The molecule has 0 spiro atoms. The fraction of sp³-hybridized carbons (Fsp3) is 0.333. The van der Waals surface area contributed by atoms with Crippen molar-refractivity contribution in [3.63, 3.8) is 0 Å². The van der Waals surface area contributed by atoms with Crippen LogP contribution in [0.1, 0.15) is 0 Å². The number of nitro groups is 1. The summed E-state index contributed by atoms with van der Waals surface area (Å²) in [5.41, 5.74) is 1.25. The third kappa shape index (κ3) is 6.98. The topological polar surface area (TPSA) is 110 Å². The minimum Gasteiger partial charge on any atom is -0.497 e. The Morgan fingerprint density at radius 3 is 2.54 bits per heavy atom. The maximum absolute atomic E-state index is 12.5. The second-order valence-corrected chi connectivity index (χ2v) is 8.89. The summed E-state index contributed by atoms with van der Waals surface area (Å²) in [4.78, 5) is 31.9. The van der Waals surface area contributed by atoms with Crippen molar-refractivity contribution >= 4 is 28.1 Å². The van der Waals surface area contributed by atoms with Gasteiger partial charge in [-0.05, 0) is 24.3 Å². The third-order valence-electron chi connectivity index (χ3n) is 5.67. The molecule has 0 radical (unpaired) electrons. The summed E-state index contributed by atoms with van der Waals surface area (Å²) in [5.74, 6) is 1.49. The Balaban J connectivity index is 1.17. The van der Waals surface area contributed by atoms with Gasteiger partial charge in [-0.1, -0.05) is 12.1 Å². The van der Waals surface area contributed by atoms with Crippen molar-refractivity contribution in [3.8, 4) is 22.8 Å². The Hall–Kier alpha value is -3.54. The number of hydrogen-bond donors (Lipinski definition) is 1. The number of piperazine rings is 1. The molecule has 1 aliphatic rings. The lowest BCUT2D eigenvalue weighted by Crippen LogP contribution is -2.49. The second kappa shape index (κ2) is 11.7. The maximum atomic E-state index is 12.5. The highest BCUT2D eigenvalue weighted by atomic mass is 32.1. The maximum Gasteiger partial charge on any atom is 0.270 e. The molecule has 2 heterocycles. The molecular formula is C24H27N5O5S. The van der Waals surface area contributed by atoms with Crippen LogP contribution in [-0.4, -0.2) is 78.6 Å². The molecule has 1 aromatic heterocycles. The van der Waals surface area contributed by atoms with E-state index in [0.717, 1.165) is 44.2 Å². The van der Waals surface area contributed by atoms with E-state index in [1.165, 1.54) is 23.5 Å². The fourth-order valence-electron chi connectivity index (χ4n) is 3.74. The van der Waals surface area contributed by atoms with Gasteiger partial charge in [-0.2, -0.15) is 0 Å². The van der Waals surface area contributed by atoms with Crippen molar-refractivity contribution in [2.75, 3.05) is 58.3 Å². The SMILES string of the molecule is COc1ccc(OCCN2CCN(CC(=O)Nc3nc(-c4cccc([N+](=O)[O-])c4)cs3)CC2)cc1. The number of nitro benzene ring substituents is 1. The van der Waals surface area contributed by atoms with E-state index < -0.39 is 4.92 Å². The van der Waals surface area contributed by atoms with Gasteiger partial charge in [0.05, 0.1) is 24.3 Å². The number of carbonyl (C=O) groups is 1. The highest BCUT2D eigenvalue weighted by Gasteiger charge is 2.19. The number of hydrogen-bond acceptors (Lipinski definition) is 9. The molecule has 0 aliphatic carbocycles. The highest BCUT2D eigenvalue weighted by Crippen LogP contribution is 2.27. The number of methoxy groups -OCH3 is 1. The third-order valence-corrected chi connectivity index (χ3v) is 6.43. The van der Waals surface area contributed by atoms with Gasteiger partial charge in [-0.25, -0.2) is 4.98 Å². The van der Waals surface area contributed by atoms with Crippen molar-refractivity contribution in [3.05, 3.63) is 64.0 Å². The van der Waals surface area contributed by atoms with Crippen molar-refractivity contribution in [2.24, 2.45) is 0 Å². The molecule has 11 heteroatoms. The van der Waals surface area contributed by atoms with Crippen LogP contribution in [0.25, 0.3) is 11.3 Å². The number of nitrogens with one attached hydrogen (secondary N) is 1. The first kappa shape index (κ1) is 24.6. The number of carbonyl (C=O) groups excluding carboxylic acids is 1. The summed E-state index contributed by atoms with van der Waals surface area (Å²) < 4.78 is 11.0. The Kier molecular flexibility index (Phi) is 8.24. The lowest BCUT2D eigenvalue weighted by molar-refractivity contribution is -0.384. The van der Waals surface area contributed by atoms with E-state index in [1.807, 2.05) is 24.3 Å². The summed E-state index contributed by atoms with van der Waals surface area (Å²) in [5, 5.41) is 16.1. The number of anilines is 1. The Labute approximate surface area is 207 Å². The molecular weight excluding hydrogens is 470 g/mol. The quantitative estimate of drug-likeness (QED) is 0.335. The molecule has 4 rings (SSSR count). The zero-order chi connectivity index (χ0) is 24.6. The molecule has 0 bridgehead atoms. The van der Waals surface area contributed by atoms with E-state index in [4.69, 9.17) is 9.47 Å². The molecule has 1 N–H and O–H groups in total. The molecule has 184 valence electrons. The van der Waals surface area contributed by atoms with Gasteiger partial charge >= 0.3 is 0 Å². The lowest BCUT2D eigenvalue weighted by Gasteiger charge is -2.34. The second-order valence-electron chi connectivity index (χ2n) is 8.04. The van der Waals surface area contributed by atoms with Crippen molar-refractivity contribution in [2.45, 2.75) is 0 Å². The number of thiazole rings is 1. The molecule has 3 aromatic rings. The predicted molar refractivity (Wildman–Crippen MR) is 134 cm³/mol. The van der Waals surface area contributed by atoms with Crippen LogP contribution in [-0.2, 0) is 4.79 Å². The number of rotatable bonds is 10. The summed E-state index contributed by atoms with van der Waals surface area (Å²) in [6.45, 7) is 5.05. The van der Waals surface area contributed by atoms with Crippen LogP contribution in [0, 0.1) is 10.1 Å². The van der Waals surface area contributed by atoms with E-state index in [2.05, 4.69) is 20.1 Å². The molecule has 0 saturated carbocycles. The zero-order valence-corrected chi connectivity index (χ0v) is 20.2. The highest BCUT2D eigenvalue weighted by molar-refractivity contribution is 7.14. The van der Waals surface area contributed by atoms with Gasteiger partial charge in [0.15, 0.2) is 5.13 Å². The summed E-state index contributed by atoms with van der Waals surface area (Å²) in [7, 11) is 1.64. The van der Waals surface area contributed by atoms with E-state index in [0.29, 0.717) is 29.5 Å². The number of amides is 1. The van der Waals surface area contributed by atoms with Gasteiger partial charge in [0.2, 0.25) is 5.91 Å². The fourth-order valence-corrected chi connectivity index (χ4v) is 4.48. The van der Waals surface area contributed by atoms with Crippen LogP contribution in [0.4, 0.5) is 10.8 Å². The van der Waals surface area contributed by atoms with E-state index >= 15 is 0 Å². The molecule has 1 aliphatic heterocycles. The molecule has 35 heavy (non-hydrogen) atoms. The first-order valence-corrected chi connectivity index (χ1v) is 12.1. The van der Waals surface area contributed by atoms with Gasteiger partial charge in [0.25, 0.3) is 5.69 Å². The largest absolute Gasteiger partial charge is 0.497 e. The standard InChI is InChI=1S/C24H27N5O5S/c1-33-20-5-7-21(8-6-20)34-14-13-27-9-11-28(12-10-27)16-23(30)26-24-25-22(17-35-24)18-3-2-4-19(15-18)29(31)32/h2-8,15,17H,9-14,16H2,1H3,(H,25,26,30). The molecule has 1 fully saturated rings. The molecule has 1 amide bonds. The van der Waals surface area contributed by atoms with E-state index in [9.17, 15) is 14.9 Å². The predicted octanol–water partition coefficient (Wildman–Crippen LogP) is 3.36. The van der Waals surface area contributed by atoms with Crippen LogP contribution in [0.2, 0.25) is 0 Å². The lowest BCUT2D eigenvalue weighted by atomic mass is 10.1. The number of aromatic nitrogens is 1. The number of benzene rings is 2. The van der Waals surface area contributed by atoms with Gasteiger partial charge in [-0.3, -0.25) is 24.7 Å². The molecule has 0 unspecified atom stereocenters. The zero-order valence-electron chi connectivity index (χ0n) is 19.4. The monoisotopic (exact) mass is 497 g/mol. The van der Waals surface area contributed by atoms with Crippen LogP contribution in [0.3, 0.4) is 0 Å². The minimum atomic E-state index is -0.438. The first-order valence-electron chi connectivity index (χ1n) is 11.2. The number of nitrogens with zero attached hydrogens (tertiary/aromatic N) is 4. The average Bonchev–Trinajstić information content (AvgIpc) is 3.34. The van der Waals surface area contributed by atoms with Gasteiger partial charge in [-0.15, -0.1) is 11.3 Å². The molecule has 1 saturated heterocycles. The van der Waals surface area contributed by atoms with Gasteiger partial charge in [0, 0.05) is 55.8 Å². The summed E-state index contributed by atoms with van der Waals surface area (Å²) >= 11 is 1.30. The van der Waals surface area contributed by atoms with Crippen molar-refractivity contribution in [1.82, 2.24) is 14.8 Å². The van der Waals surface area contributed by atoms with E-state index in [-0.39, 0.29) is 11.6 Å². The van der Waals surface area contributed by atoms with Crippen LogP contribution in [0.15, 0.2) is 53.9 Å².